The predicted molar refractivity (Wildman–Crippen MR) is 161 cm³/mol. The number of anilines is 1. The third-order valence-electron chi connectivity index (χ3n) is 7.39. The molecular formula is C29H36N10O3. The Balaban J connectivity index is 0.000000193. The molecule has 42 heavy (non-hydrogen) atoms. The predicted octanol–water partition coefficient (Wildman–Crippen LogP) is 3.78. The van der Waals surface area contributed by atoms with Gasteiger partial charge >= 0.3 is 0 Å². The number of nitrogens with zero attached hydrogens (tertiary/aromatic N) is 8. The van der Waals surface area contributed by atoms with E-state index >= 15 is 0 Å². The first-order chi connectivity index (χ1) is 20.1. The van der Waals surface area contributed by atoms with Crippen molar-refractivity contribution in [3.8, 4) is 34.3 Å². The number of nitriles is 1. The van der Waals surface area contributed by atoms with Crippen LogP contribution in [0.15, 0.2) is 46.5 Å². The van der Waals surface area contributed by atoms with Crippen LogP contribution in [0.4, 0.5) is 5.82 Å². The van der Waals surface area contributed by atoms with Gasteiger partial charge in [0.05, 0.1) is 29.6 Å². The number of nitrogen functional groups attached to an aromatic ring is 1. The molecule has 0 bridgehead atoms. The fourth-order valence-corrected chi connectivity index (χ4v) is 4.63. The maximum Gasteiger partial charge on any atom is 0.272 e. The first-order valence-corrected chi connectivity index (χ1v) is 13.7. The standard InChI is InChI=1S/C15H18N4O2.C14H18N6O/c1-5-10(2)19-9-12(13-6-7-18(3)17-13)14(21-4)11(8-16)15(19)20;1-4-8(2)20-7-9(10-5-6-19(3)18-10)12-11(14(20)21)13(15)17-16-12/h6-7,9-10H,5H2,1-4H3;5-8H,4H2,1-3H3,(H3,15,16,17). The summed E-state index contributed by atoms with van der Waals surface area (Å²) in [5.41, 5.74) is 8.98. The zero-order valence-corrected chi connectivity index (χ0v) is 24.9. The highest BCUT2D eigenvalue weighted by atomic mass is 16.5. The second-order valence-corrected chi connectivity index (χ2v) is 10.2. The Bertz CT molecular complexity index is 1880. The van der Waals surface area contributed by atoms with Crippen LogP contribution in [-0.2, 0) is 14.1 Å². The molecule has 0 aliphatic rings. The summed E-state index contributed by atoms with van der Waals surface area (Å²) in [7, 11) is 5.12. The van der Waals surface area contributed by atoms with E-state index in [0.717, 1.165) is 24.1 Å². The summed E-state index contributed by atoms with van der Waals surface area (Å²) >= 11 is 0. The van der Waals surface area contributed by atoms with Gasteiger partial charge in [0.1, 0.15) is 11.5 Å². The van der Waals surface area contributed by atoms with Gasteiger partial charge < -0.3 is 19.6 Å². The fourth-order valence-electron chi connectivity index (χ4n) is 4.63. The van der Waals surface area contributed by atoms with Crippen LogP contribution in [0.5, 0.6) is 5.75 Å². The quantitative estimate of drug-likeness (QED) is 0.297. The zero-order valence-electron chi connectivity index (χ0n) is 24.9. The zero-order chi connectivity index (χ0) is 30.7. The Morgan fingerprint density at radius 2 is 1.48 bits per heavy atom. The topological polar surface area (TPSA) is 167 Å². The second-order valence-electron chi connectivity index (χ2n) is 10.2. The van der Waals surface area contributed by atoms with Crippen molar-refractivity contribution in [1.29, 1.82) is 5.26 Å². The fraction of sp³-hybridized carbons (Fsp3) is 0.379. The molecule has 13 heteroatoms. The van der Waals surface area contributed by atoms with Crippen LogP contribution in [0.3, 0.4) is 0 Å². The molecule has 2 unspecified atom stereocenters. The number of hydrogen-bond donors (Lipinski definition) is 2. The van der Waals surface area contributed by atoms with Crippen LogP contribution < -0.4 is 21.6 Å². The molecular weight excluding hydrogens is 536 g/mol. The molecule has 0 fully saturated rings. The molecule has 0 aromatic carbocycles. The summed E-state index contributed by atoms with van der Waals surface area (Å²) in [5, 5.41) is 25.3. The monoisotopic (exact) mass is 572 g/mol. The van der Waals surface area contributed by atoms with Gasteiger partial charge in [0.25, 0.3) is 11.1 Å². The van der Waals surface area contributed by atoms with Gasteiger partial charge in [-0.15, -0.1) is 0 Å². The van der Waals surface area contributed by atoms with Crippen LogP contribution in [0, 0.1) is 11.3 Å². The number of aromatic amines is 1. The lowest BCUT2D eigenvalue weighted by Gasteiger charge is -2.17. The van der Waals surface area contributed by atoms with Gasteiger partial charge in [0.2, 0.25) is 0 Å². The average molecular weight is 573 g/mol. The average Bonchev–Trinajstić information content (AvgIpc) is 3.72. The molecule has 0 radical (unpaired) electrons. The number of aromatic nitrogens is 8. The van der Waals surface area contributed by atoms with Crippen LogP contribution in [0.25, 0.3) is 33.4 Å². The first-order valence-electron chi connectivity index (χ1n) is 13.7. The number of H-pyrrole nitrogens is 1. The van der Waals surface area contributed by atoms with Crippen LogP contribution in [0.2, 0.25) is 0 Å². The van der Waals surface area contributed by atoms with E-state index < -0.39 is 0 Å². The third-order valence-corrected chi connectivity index (χ3v) is 7.39. The van der Waals surface area contributed by atoms with Gasteiger partial charge in [-0.25, -0.2) is 0 Å². The Labute approximate surface area is 242 Å². The molecule has 0 saturated carbocycles. The lowest BCUT2D eigenvalue weighted by molar-refractivity contribution is 0.409. The minimum Gasteiger partial charge on any atom is -0.494 e. The number of nitrogens with two attached hydrogens (primary N) is 1. The lowest BCUT2D eigenvalue weighted by atomic mass is 10.1. The molecule has 5 aromatic rings. The van der Waals surface area contributed by atoms with Gasteiger partial charge in [-0.05, 0) is 38.8 Å². The molecule has 5 rings (SSSR count). The molecule has 3 N–H and O–H groups in total. The number of ether oxygens (including phenoxy) is 1. The molecule has 5 heterocycles. The largest absolute Gasteiger partial charge is 0.494 e. The normalized spacial score (nSPS) is 12.4. The summed E-state index contributed by atoms with van der Waals surface area (Å²) in [5.74, 6) is 0.505. The van der Waals surface area contributed by atoms with Gasteiger partial charge in [-0.3, -0.25) is 24.1 Å². The minimum atomic E-state index is -0.330. The SMILES string of the molecule is CCC(C)n1cc(-c2ccn(C)n2)c(OC)c(C#N)c1=O.CCC(C)n1cc(-c2ccn(C)n2)c2[nH]nc(N)c2c1=O. The number of hydrogen-bond acceptors (Lipinski definition) is 8. The molecule has 0 amide bonds. The molecule has 0 spiro atoms. The van der Waals surface area contributed by atoms with Crippen molar-refractivity contribution in [3.05, 3.63) is 63.2 Å². The Morgan fingerprint density at radius 1 is 0.952 bits per heavy atom. The molecule has 220 valence electrons. The van der Waals surface area contributed by atoms with Crippen molar-refractivity contribution in [2.75, 3.05) is 12.8 Å². The summed E-state index contributed by atoms with van der Waals surface area (Å²) in [6.45, 7) is 7.98. The molecule has 0 aliphatic carbocycles. The lowest BCUT2D eigenvalue weighted by Crippen LogP contribution is -2.26. The van der Waals surface area contributed by atoms with Crippen molar-refractivity contribution in [3.63, 3.8) is 0 Å². The Morgan fingerprint density at radius 3 is 1.95 bits per heavy atom. The summed E-state index contributed by atoms with van der Waals surface area (Å²) in [4.78, 5) is 25.0. The number of rotatable bonds is 7. The van der Waals surface area contributed by atoms with E-state index in [2.05, 4.69) is 20.4 Å². The van der Waals surface area contributed by atoms with Crippen molar-refractivity contribution in [2.24, 2.45) is 14.1 Å². The molecule has 0 aliphatic heterocycles. The first kappa shape index (κ1) is 29.9. The van der Waals surface area contributed by atoms with Crippen LogP contribution in [-0.4, -0.2) is 46.0 Å². The van der Waals surface area contributed by atoms with E-state index in [-0.39, 0.29) is 40.3 Å². The third kappa shape index (κ3) is 5.43. The van der Waals surface area contributed by atoms with E-state index in [1.807, 2.05) is 72.4 Å². The number of methoxy groups -OCH3 is 1. The highest BCUT2D eigenvalue weighted by Gasteiger charge is 2.21. The van der Waals surface area contributed by atoms with Crippen molar-refractivity contribution < 1.29 is 4.74 Å². The van der Waals surface area contributed by atoms with E-state index in [1.54, 1.807) is 30.9 Å². The number of pyridine rings is 2. The number of fused-ring (bicyclic) bond motifs is 1. The van der Waals surface area contributed by atoms with Gasteiger partial charge in [-0.2, -0.15) is 20.6 Å². The maximum absolute atomic E-state index is 12.6. The van der Waals surface area contributed by atoms with E-state index in [9.17, 15) is 14.9 Å². The van der Waals surface area contributed by atoms with Crippen LogP contribution in [0.1, 0.15) is 58.2 Å². The van der Waals surface area contributed by atoms with E-state index in [1.165, 1.54) is 7.11 Å². The van der Waals surface area contributed by atoms with Gasteiger partial charge in [0, 0.05) is 56.5 Å². The number of nitrogens with one attached hydrogen (secondary N) is 1. The smallest absolute Gasteiger partial charge is 0.272 e. The molecule has 5 aromatic heterocycles. The molecule has 13 nitrogen and oxygen atoms in total. The van der Waals surface area contributed by atoms with E-state index in [0.29, 0.717) is 22.2 Å². The van der Waals surface area contributed by atoms with Crippen molar-refractivity contribution in [1.82, 2.24) is 38.9 Å². The summed E-state index contributed by atoms with van der Waals surface area (Å²) in [6, 6.07) is 5.76. The summed E-state index contributed by atoms with van der Waals surface area (Å²) in [6.07, 6.45) is 8.86. The van der Waals surface area contributed by atoms with E-state index in [4.69, 9.17) is 10.5 Å². The highest BCUT2D eigenvalue weighted by molar-refractivity contribution is 5.97. The number of aryl methyl sites for hydroxylation is 2. The Hall–Kier alpha value is -5.12. The summed E-state index contributed by atoms with van der Waals surface area (Å²) < 4.78 is 12.0. The minimum absolute atomic E-state index is 0.00188. The Kier molecular flexibility index (Phi) is 8.65. The van der Waals surface area contributed by atoms with Crippen LogP contribution >= 0.6 is 0 Å². The van der Waals surface area contributed by atoms with Crippen molar-refractivity contribution >= 4 is 16.7 Å². The van der Waals surface area contributed by atoms with Gasteiger partial charge in [0.15, 0.2) is 17.1 Å². The molecule has 2 atom stereocenters. The molecule has 0 saturated heterocycles. The maximum atomic E-state index is 12.6. The van der Waals surface area contributed by atoms with Crippen molar-refractivity contribution in [2.45, 2.75) is 52.6 Å². The highest BCUT2D eigenvalue weighted by Crippen LogP contribution is 2.31. The second kappa shape index (κ2) is 12.2. The van der Waals surface area contributed by atoms with Gasteiger partial charge in [-0.1, -0.05) is 13.8 Å².